The van der Waals surface area contributed by atoms with Crippen molar-refractivity contribution < 1.29 is 17.6 Å². The van der Waals surface area contributed by atoms with Crippen molar-refractivity contribution in [3.05, 3.63) is 35.6 Å². The Bertz CT molecular complexity index is 864. The molecule has 0 spiro atoms. The van der Waals surface area contributed by atoms with Crippen LogP contribution in [0.2, 0.25) is 0 Å². The maximum absolute atomic E-state index is 13.1. The lowest BCUT2D eigenvalue weighted by Gasteiger charge is -2.25. The molecule has 28 heavy (non-hydrogen) atoms. The van der Waals surface area contributed by atoms with Crippen LogP contribution in [0.5, 0.6) is 0 Å². The molecule has 1 saturated carbocycles. The van der Waals surface area contributed by atoms with Crippen molar-refractivity contribution in [2.45, 2.75) is 49.8 Å². The predicted octanol–water partition coefficient (Wildman–Crippen LogP) is 3.05. The van der Waals surface area contributed by atoms with Gasteiger partial charge in [-0.1, -0.05) is 43.2 Å². The molecule has 2 saturated heterocycles. The first kappa shape index (κ1) is 19.9. The molecule has 2 aliphatic heterocycles. The predicted molar refractivity (Wildman–Crippen MR) is 110 cm³/mol. The molecule has 3 fully saturated rings. The van der Waals surface area contributed by atoms with E-state index in [9.17, 15) is 17.6 Å². The number of thioether (sulfide) groups is 1. The van der Waals surface area contributed by atoms with Crippen molar-refractivity contribution in [2.24, 2.45) is 10.9 Å². The van der Waals surface area contributed by atoms with Crippen molar-refractivity contribution in [1.82, 2.24) is 4.90 Å². The minimum atomic E-state index is -3.05. The van der Waals surface area contributed by atoms with Crippen LogP contribution in [0.1, 0.15) is 37.7 Å². The summed E-state index contributed by atoms with van der Waals surface area (Å²) in [6.07, 6.45) is 5.79. The van der Waals surface area contributed by atoms with Crippen molar-refractivity contribution in [3.8, 4) is 0 Å². The number of fused-ring (bicyclic) bond motifs is 1. The number of sulfone groups is 1. The number of carbonyl (C=O) groups is 1. The van der Waals surface area contributed by atoms with Gasteiger partial charge in [0.15, 0.2) is 15.0 Å². The molecular weight excluding hydrogens is 399 g/mol. The summed E-state index contributed by atoms with van der Waals surface area (Å²) >= 11 is 1.44. The van der Waals surface area contributed by atoms with E-state index in [1.807, 2.05) is 4.90 Å². The smallest absolute Gasteiger partial charge is 0.251 e. The van der Waals surface area contributed by atoms with Gasteiger partial charge in [0.1, 0.15) is 5.82 Å². The minimum Gasteiger partial charge on any atom is -0.346 e. The van der Waals surface area contributed by atoms with Crippen molar-refractivity contribution in [1.29, 1.82) is 0 Å². The second-order valence-electron chi connectivity index (χ2n) is 7.94. The van der Waals surface area contributed by atoms with E-state index in [1.54, 1.807) is 12.1 Å². The van der Waals surface area contributed by atoms with Crippen LogP contribution in [-0.4, -0.2) is 53.7 Å². The molecule has 2 atom stereocenters. The maximum Gasteiger partial charge on any atom is 0.251 e. The molecular formula is C20H25FN2O3S2. The largest absolute Gasteiger partial charge is 0.346 e. The maximum atomic E-state index is 13.1. The van der Waals surface area contributed by atoms with Gasteiger partial charge in [0.2, 0.25) is 0 Å². The van der Waals surface area contributed by atoms with Gasteiger partial charge in [0.25, 0.3) is 5.91 Å². The third kappa shape index (κ3) is 4.43. The third-order valence-electron chi connectivity index (χ3n) is 5.89. The van der Waals surface area contributed by atoms with Crippen molar-refractivity contribution >= 4 is 32.7 Å². The van der Waals surface area contributed by atoms with Gasteiger partial charge in [0, 0.05) is 17.7 Å². The van der Waals surface area contributed by atoms with E-state index < -0.39 is 9.84 Å². The van der Waals surface area contributed by atoms with E-state index in [2.05, 4.69) is 4.99 Å². The number of hydrogen-bond donors (Lipinski definition) is 0. The Morgan fingerprint density at radius 1 is 1.14 bits per heavy atom. The van der Waals surface area contributed by atoms with E-state index in [0.29, 0.717) is 18.1 Å². The molecule has 1 aromatic carbocycles. The lowest BCUT2D eigenvalue weighted by atomic mass is 9.89. The Hall–Kier alpha value is -1.41. The quantitative estimate of drug-likeness (QED) is 0.743. The fraction of sp³-hybridized carbons (Fsp3) is 0.600. The summed E-state index contributed by atoms with van der Waals surface area (Å²) < 4.78 is 37.3. The molecule has 0 bridgehead atoms. The average Bonchev–Trinajstić information content (AvgIpc) is 3.13. The van der Waals surface area contributed by atoms with Crippen LogP contribution in [0.4, 0.5) is 4.39 Å². The zero-order valence-corrected chi connectivity index (χ0v) is 17.4. The topological polar surface area (TPSA) is 66.8 Å². The first-order chi connectivity index (χ1) is 13.4. The lowest BCUT2D eigenvalue weighted by molar-refractivity contribution is -0.122. The molecule has 1 amide bonds. The number of nitrogens with zero attached hydrogens (tertiary/aromatic N) is 2. The van der Waals surface area contributed by atoms with Gasteiger partial charge < -0.3 is 4.90 Å². The molecule has 1 aromatic rings. The summed E-state index contributed by atoms with van der Waals surface area (Å²) in [7, 11) is -3.05. The minimum absolute atomic E-state index is 0.00460. The molecule has 0 aromatic heterocycles. The molecule has 5 nitrogen and oxygen atoms in total. The Morgan fingerprint density at radius 3 is 2.57 bits per heavy atom. The molecule has 4 rings (SSSR count). The summed E-state index contributed by atoms with van der Waals surface area (Å²) in [4.78, 5) is 19.1. The number of rotatable bonds is 4. The highest BCUT2D eigenvalue weighted by Gasteiger charge is 2.48. The van der Waals surface area contributed by atoms with Gasteiger partial charge in [-0.2, -0.15) is 4.99 Å². The number of carbonyl (C=O) groups excluding carboxylic acids is 1. The van der Waals surface area contributed by atoms with Crippen LogP contribution in [0.25, 0.3) is 0 Å². The number of amidine groups is 1. The van der Waals surface area contributed by atoms with Crippen LogP contribution in [0, 0.1) is 11.7 Å². The van der Waals surface area contributed by atoms with Gasteiger partial charge in [-0.15, -0.1) is 0 Å². The van der Waals surface area contributed by atoms with E-state index in [4.69, 9.17) is 0 Å². The second kappa shape index (κ2) is 8.14. The van der Waals surface area contributed by atoms with Gasteiger partial charge in [-0.3, -0.25) is 4.79 Å². The summed E-state index contributed by atoms with van der Waals surface area (Å²) in [5.41, 5.74) is 0.980. The highest BCUT2D eigenvalue weighted by Crippen LogP contribution is 2.38. The Kier molecular flexibility index (Phi) is 5.78. The highest BCUT2D eigenvalue weighted by molar-refractivity contribution is 8.15. The summed E-state index contributed by atoms with van der Waals surface area (Å²) in [5, 5.41) is 0.610. The number of halogens is 1. The average molecular weight is 425 g/mol. The third-order valence-corrected chi connectivity index (χ3v) is 9.14. The number of benzene rings is 1. The van der Waals surface area contributed by atoms with Crippen molar-refractivity contribution in [2.75, 3.05) is 18.1 Å². The molecule has 8 heteroatoms. The second-order valence-corrected chi connectivity index (χ2v) is 11.3. The fourth-order valence-corrected chi connectivity index (χ4v) is 8.32. The molecule has 0 radical (unpaired) electrons. The van der Waals surface area contributed by atoms with Crippen LogP contribution in [-0.2, 0) is 21.1 Å². The van der Waals surface area contributed by atoms with Gasteiger partial charge in [-0.05, 0) is 37.0 Å². The van der Waals surface area contributed by atoms with Gasteiger partial charge in [0.05, 0.1) is 17.5 Å². The Labute approximate surface area is 169 Å². The van der Waals surface area contributed by atoms with E-state index in [0.717, 1.165) is 31.2 Å². The normalized spacial score (nSPS) is 28.6. The monoisotopic (exact) mass is 424 g/mol. The number of hydrogen-bond acceptors (Lipinski definition) is 4. The molecule has 0 N–H and O–H groups in total. The first-order valence-electron chi connectivity index (χ1n) is 9.92. The van der Waals surface area contributed by atoms with Gasteiger partial charge >= 0.3 is 0 Å². The van der Waals surface area contributed by atoms with Crippen LogP contribution in [0.3, 0.4) is 0 Å². The standard InChI is InChI=1S/C20H25FN2O3S2/c21-16-8-6-14(7-9-16)10-11-23-17-12-28(25,26)13-18(17)27-20(23)22-19(24)15-4-2-1-3-5-15/h6-9,15,17-18H,1-5,10-13H2/t17-,18-/m0/s1. The molecule has 152 valence electrons. The summed E-state index contributed by atoms with van der Waals surface area (Å²) in [6, 6.07) is 6.21. The van der Waals surface area contributed by atoms with Crippen LogP contribution in [0.15, 0.2) is 29.3 Å². The van der Waals surface area contributed by atoms with Crippen molar-refractivity contribution in [3.63, 3.8) is 0 Å². The summed E-state index contributed by atoms with van der Waals surface area (Å²) in [5.74, 6) is -0.0685. The lowest BCUT2D eigenvalue weighted by Crippen LogP contribution is -2.39. The zero-order chi connectivity index (χ0) is 19.7. The molecule has 2 heterocycles. The van der Waals surface area contributed by atoms with Gasteiger partial charge in [-0.25, -0.2) is 12.8 Å². The van der Waals surface area contributed by atoms with Crippen LogP contribution >= 0.6 is 11.8 Å². The SMILES string of the molecule is O=C(N=C1S[C@H]2CS(=O)(=O)C[C@@H]2N1CCc1ccc(F)cc1)C1CCCCC1. The molecule has 0 unspecified atom stereocenters. The summed E-state index contributed by atoms with van der Waals surface area (Å²) in [6.45, 7) is 0.575. The number of amides is 1. The van der Waals surface area contributed by atoms with E-state index in [1.165, 1.54) is 30.3 Å². The first-order valence-corrected chi connectivity index (χ1v) is 12.6. The van der Waals surface area contributed by atoms with E-state index >= 15 is 0 Å². The zero-order valence-electron chi connectivity index (χ0n) is 15.7. The van der Waals surface area contributed by atoms with E-state index in [-0.39, 0.29) is 40.4 Å². The Balaban J connectivity index is 1.51. The highest BCUT2D eigenvalue weighted by atomic mass is 32.2. The number of aliphatic imine (C=N–C) groups is 1. The molecule has 1 aliphatic carbocycles. The molecule has 3 aliphatic rings. The fourth-order valence-electron chi connectivity index (χ4n) is 4.33. The Morgan fingerprint density at radius 2 is 1.86 bits per heavy atom. The van der Waals surface area contributed by atoms with Crippen LogP contribution < -0.4 is 0 Å².